The summed E-state index contributed by atoms with van der Waals surface area (Å²) in [6, 6.07) is 9.10. The lowest BCUT2D eigenvalue weighted by Crippen LogP contribution is -2.20. The SMILES string of the molecule is CC(C)(C)c1ccccc1C(N)c1cncc(F)c1. The minimum absolute atomic E-state index is 0.00499. The second-order valence-electron chi connectivity index (χ2n) is 5.75. The van der Waals surface area contributed by atoms with Gasteiger partial charge in [-0.25, -0.2) is 4.39 Å². The summed E-state index contributed by atoms with van der Waals surface area (Å²) in [4.78, 5) is 3.87. The van der Waals surface area contributed by atoms with Crippen LogP contribution in [0.5, 0.6) is 0 Å². The summed E-state index contributed by atoms with van der Waals surface area (Å²) in [5, 5.41) is 0. The van der Waals surface area contributed by atoms with Crippen LogP contribution < -0.4 is 5.73 Å². The Kier molecular flexibility index (Phi) is 3.67. The molecule has 0 aliphatic heterocycles. The minimum atomic E-state index is -0.362. The fraction of sp³-hybridized carbons (Fsp3) is 0.312. The Bertz CT molecular complexity index is 573. The molecular weight excluding hydrogens is 239 g/mol. The molecule has 1 unspecified atom stereocenters. The molecular formula is C16H19FN2. The van der Waals surface area contributed by atoms with Gasteiger partial charge in [0, 0.05) is 6.20 Å². The molecule has 0 aliphatic carbocycles. The van der Waals surface area contributed by atoms with Crippen molar-refractivity contribution < 1.29 is 4.39 Å². The van der Waals surface area contributed by atoms with E-state index >= 15 is 0 Å². The molecule has 0 aliphatic rings. The number of rotatable bonds is 2. The van der Waals surface area contributed by atoms with Crippen LogP contribution in [0.3, 0.4) is 0 Å². The van der Waals surface area contributed by atoms with Gasteiger partial charge >= 0.3 is 0 Å². The topological polar surface area (TPSA) is 38.9 Å². The van der Waals surface area contributed by atoms with Crippen molar-refractivity contribution in [2.24, 2.45) is 5.73 Å². The van der Waals surface area contributed by atoms with E-state index in [0.29, 0.717) is 5.56 Å². The minimum Gasteiger partial charge on any atom is -0.320 e. The van der Waals surface area contributed by atoms with Crippen LogP contribution in [0.4, 0.5) is 4.39 Å². The van der Waals surface area contributed by atoms with Gasteiger partial charge in [0.1, 0.15) is 5.82 Å². The second kappa shape index (κ2) is 5.10. The van der Waals surface area contributed by atoms with Crippen molar-refractivity contribution in [3.8, 4) is 0 Å². The highest BCUT2D eigenvalue weighted by Gasteiger charge is 2.21. The molecule has 0 fully saturated rings. The Labute approximate surface area is 113 Å². The highest BCUT2D eigenvalue weighted by molar-refractivity contribution is 5.39. The fourth-order valence-corrected chi connectivity index (χ4v) is 2.23. The number of pyridine rings is 1. The van der Waals surface area contributed by atoms with Gasteiger partial charge in [-0.1, -0.05) is 45.0 Å². The zero-order valence-electron chi connectivity index (χ0n) is 11.5. The van der Waals surface area contributed by atoms with Gasteiger partial charge in [-0.3, -0.25) is 4.98 Å². The number of halogens is 1. The molecule has 0 spiro atoms. The van der Waals surface area contributed by atoms with Crippen molar-refractivity contribution in [1.82, 2.24) is 4.98 Å². The molecule has 3 heteroatoms. The van der Waals surface area contributed by atoms with E-state index in [1.807, 2.05) is 18.2 Å². The Morgan fingerprint density at radius 1 is 1.16 bits per heavy atom. The molecule has 2 N–H and O–H groups in total. The summed E-state index contributed by atoms with van der Waals surface area (Å²) in [6.07, 6.45) is 2.80. The predicted molar refractivity (Wildman–Crippen MR) is 75.4 cm³/mol. The third-order valence-electron chi connectivity index (χ3n) is 3.19. The van der Waals surface area contributed by atoms with Gasteiger partial charge in [0.15, 0.2) is 0 Å². The lowest BCUT2D eigenvalue weighted by Gasteiger charge is -2.25. The average molecular weight is 258 g/mol. The van der Waals surface area contributed by atoms with Crippen molar-refractivity contribution in [3.05, 3.63) is 65.2 Å². The summed E-state index contributed by atoms with van der Waals surface area (Å²) in [7, 11) is 0. The van der Waals surface area contributed by atoms with Crippen molar-refractivity contribution >= 4 is 0 Å². The molecule has 1 aromatic heterocycles. The van der Waals surface area contributed by atoms with Crippen LogP contribution in [0, 0.1) is 5.82 Å². The average Bonchev–Trinajstić information content (AvgIpc) is 2.37. The first kappa shape index (κ1) is 13.7. The molecule has 1 atom stereocenters. The Morgan fingerprint density at radius 2 is 1.84 bits per heavy atom. The van der Waals surface area contributed by atoms with E-state index in [4.69, 9.17) is 5.73 Å². The van der Waals surface area contributed by atoms with Gasteiger partial charge in [0.2, 0.25) is 0 Å². The van der Waals surface area contributed by atoms with Crippen molar-refractivity contribution in [3.63, 3.8) is 0 Å². The Morgan fingerprint density at radius 3 is 2.47 bits per heavy atom. The molecule has 0 amide bonds. The third-order valence-corrected chi connectivity index (χ3v) is 3.19. The van der Waals surface area contributed by atoms with Crippen molar-refractivity contribution in [2.75, 3.05) is 0 Å². The largest absolute Gasteiger partial charge is 0.320 e. The van der Waals surface area contributed by atoms with E-state index in [1.54, 1.807) is 6.20 Å². The van der Waals surface area contributed by atoms with Crippen LogP contribution >= 0.6 is 0 Å². The number of nitrogens with zero attached hydrogens (tertiary/aromatic N) is 1. The number of nitrogens with two attached hydrogens (primary N) is 1. The van der Waals surface area contributed by atoms with Crippen LogP contribution in [0.1, 0.15) is 43.5 Å². The molecule has 0 radical (unpaired) electrons. The van der Waals surface area contributed by atoms with Crippen molar-refractivity contribution in [1.29, 1.82) is 0 Å². The Hall–Kier alpha value is -1.74. The normalized spacial score (nSPS) is 13.3. The van der Waals surface area contributed by atoms with Gasteiger partial charge in [-0.2, -0.15) is 0 Å². The standard InChI is InChI=1S/C16H19FN2/c1-16(2,3)14-7-5-4-6-13(14)15(18)11-8-12(17)10-19-9-11/h4-10,15H,18H2,1-3H3. The maximum Gasteiger partial charge on any atom is 0.141 e. The quantitative estimate of drug-likeness (QED) is 0.894. The molecule has 0 saturated heterocycles. The molecule has 19 heavy (non-hydrogen) atoms. The lowest BCUT2D eigenvalue weighted by atomic mass is 9.81. The maximum atomic E-state index is 13.3. The maximum absolute atomic E-state index is 13.3. The molecule has 1 aromatic carbocycles. The van der Waals surface area contributed by atoms with E-state index in [2.05, 4.69) is 31.8 Å². The number of hydrogen-bond donors (Lipinski definition) is 1. The van der Waals surface area contributed by atoms with Crippen LogP contribution in [-0.4, -0.2) is 4.98 Å². The molecule has 1 heterocycles. The first-order valence-corrected chi connectivity index (χ1v) is 6.35. The van der Waals surface area contributed by atoms with E-state index in [1.165, 1.54) is 17.8 Å². The first-order valence-electron chi connectivity index (χ1n) is 6.35. The fourth-order valence-electron chi connectivity index (χ4n) is 2.23. The van der Waals surface area contributed by atoms with Crippen LogP contribution in [0.2, 0.25) is 0 Å². The van der Waals surface area contributed by atoms with Gasteiger partial charge in [0.05, 0.1) is 12.2 Å². The van der Waals surface area contributed by atoms with Gasteiger partial charge in [-0.05, 0) is 28.2 Å². The van der Waals surface area contributed by atoms with Crippen LogP contribution in [0.15, 0.2) is 42.7 Å². The summed E-state index contributed by atoms with van der Waals surface area (Å²) in [5.41, 5.74) is 9.15. The summed E-state index contributed by atoms with van der Waals surface area (Å²) in [5.74, 6) is -0.360. The number of hydrogen-bond acceptors (Lipinski definition) is 2. The highest BCUT2D eigenvalue weighted by atomic mass is 19.1. The summed E-state index contributed by atoms with van der Waals surface area (Å²) >= 11 is 0. The van der Waals surface area contributed by atoms with E-state index in [-0.39, 0.29) is 17.3 Å². The monoisotopic (exact) mass is 258 g/mol. The van der Waals surface area contributed by atoms with Gasteiger partial charge in [-0.15, -0.1) is 0 Å². The number of aromatic nitrogens is 1. The van der Waals surface area contributed by atoms with Crippen LogP contribution in [-0.2, 0) is 5.41 Å². The molecule has 0 bridgehead atoms. The van der Waals surface area contributed by atoms with Gasteiger partial charge in [0.25, 0.3) is 0 Å². The smallest absolute Gasteiger partial charge is 0.141 e. The van der Waals surface area contributed by atoms with Crippen LogP contribution in [0.25, 0.3) is 0 Å². The van der Waals surface area contributed by atoms with Gasteiger partial charge < -0.3 is 5.73 Å². The summed E-state index contributed by atoms with van der Waals surface area (Å²) in [6.45, 7) is 6.42. The molecule has 0 saturated carbocycles. The molecule has 2 aromatic rings. The van der Waals surface area contributed by atoms with Crippen molar-refractivity contribution in [2.45, 2.75) is 32.2 Å². The molecule has 2 nitrogen and oxygen atoms in total. The lowest BCUT2D eigenvalue weighted by molar-refractivity contribution is 0.576. The zero-order valence-corrected chi connectivity index (χ0v) is 11.5. The van der Waals surface area contributed by atoms with E-state index in [0.717, 1.165) is 5.56 Å². The summed E-state index contributed by atoms with van der Waals surface area (Å²) < 4.78 is 13.3. The van der Waals surface area contributed by atoms with E-state index in [9.17, 15) is 4.39 Å². The van der Waals surface area contributed by atoms with E-state index < -0.39 is 0 Å². The number of benzene rings is 1. The third kappa shape index (κ3) is 2.99. The predicted octanol–water partition coefficient (Wildman–Crippen LogP) is 3.57. The molecule has 2 rings (SSSR count). The second-order valence-corrected chi connectivity index (χ2v) is 5.75. The highest BCUT2D eigenvalue weighted by Crippen LogP contribution is 2.31. The molecule has 100 valence electrons. The first-order chi connectivity index (χ1) is 8.89. The zero-order chi connectivity index (χ0) is 14.0. The Balaban J connectivity index is 2.48.